The van der Waals surface area contributed by atoms with Crippen molar-refractivity contribution in [1.82, 2.24) is 4.90 Å². The van der Waals surface area contributed by atoms with Crippen molar-refractivity contribution in [3.05, 3.63) is 34.7 Å². The summed E-state index contributed by atoms with van der Waals surface area (Å²) < 4.78 is 11.2. The summed E-state index contributed by atoms with van der Waals surface area (Å²) in [6.45, 7) is 8.21. The lowest BCUT2D eigenvalue weighted by atomic mass is 10.2. The Morgan fingerprint density at radius 3 is 2.58 bits per heavy atom. The average molecular weight is 346 g/mol. The van der Waals surface area contributed by atoms with E-state index in [-0.39, 0.29) is 18.1 Å². The molecule has 2 heterocycles. The van der Waals surface area contributed by atoms with Crippen LogP contribution in [0.15, 0.2) is 34.2 Å². The number of ether oxygens (including phenoxy) is 2. The van der Waals surface area contributed by atoms with E-state index in [2.05, 4.69) is 9.89 Å². The highest BCUT2D eigenvalue weighted by molar-refractivity contribution is 8.18. The molecular formula is C18H22N2O3S. The predicted molar refractivity (Wildman–Crippen MR) is 97.2 cm³/mol. The van der Waals surface area contributed by atoms with E-state index in [0.717, 1.165) is 29.6 Å². The van der Waals surface area contributed by atoms with Gasteiger partial charge in [0.05, 0.1) is 23.7 Å². The molecule has 5 nitrogen and oxygen atoms in total. The van der Waals surface area contributed by atoms with E-state index in [4.69, 9.17) is 9.47 Å². The van der Waals surface area contributed by atoms with E-state index in [1.807, 2.05) is 51.1 Å². The molecule has 0 aromatic heterocycles. The summed E-state index contributed by atoms with van der Waals surface area (Å²) in [6.07, 6.45) is 2.17. The largest absolute Gasteiger partial charge is 0.494 e. The van der Waals surface area contributed by atoms with Crippen LogP contribution in [-0.2, 0) is 9.53 Å². The van der Waals surface area contributed by atoms with Crippen LogP contribution in [0.5, 0.6) is 5.75 Å². The van der Waals surface area contributed by atoms with Gasteiger partial charge in [0.1, 0.15) is 5.75 Å². The summed E-state index contributed by atoms with van der Waals surface area (Å²) in [5.41, 5.74) is 0.967. The third kappa shape index (κ3) is 3.99. The van der Waals surface area contributed by atoms with Crippen molar-refractivity contribution in [2.75, 3.05) is 19.7 Å². The zero-order valence-corrected chi connectivity index (χ0v) is 15.0. The van der Waals surface area contributed by atoms with Crippen molar-refractivity contribution >= 4 is 28.9 Å². The maximum absolute atomic E-state index is 12.2. The number of carbonyl (C=O) groups excluding carboxylic acids is 1. The number of morpholine rings is 1. The Morgan fingerprint density at radius 2 is 1.96 bits per heavy atom. The van der Waals surface area contributed by atoms with E-state index in [1.54, 1.807) is 0 Å². The van der Waals surface area contributed by atoms with Crippen molar-refractivity contribution in [1.29, 1.82) is 0 Å². The van der Waals surface area contributed by atoms with Crippen LogP contribution in [0.25, 0.3) is 6.08 Å². The second kappa shape index (κ2) is 7.40. The second-order valence-corrected chi connectivity index (χ2v) is 6.98. The Bertz CT molecular complexity index is 659. The van der Waals surface area contributed by atoms with Gasteiger partial charge in [-0.2, -0.15) is 4.99 Å². The second-order valence-electron chi connectivity index (χ2n) is 5.97. The van der Waals surface area contributed by atoms with Gasteiger partial charge < -0.3 is 14.4 Å². The molecule has 0 saturated carbocycles. The summed E-state index contributed by atoms with van der Waals surface area (Å²) in [4.78, 5) is 19.2. The molecule has 24 heavy (non-hydrogen) atoms. The van der Waals surface area contributed by atoms with E-state index in [0.29, 0.717) is 11.5 Å². The number of benzene rings is 1. The van der Waals surface area contributed by atoms with E-state index in [9.17, 15) is 4.79 Å². The molecule has 2 atom stereocenters. The first-order valence-electron chi connectivity index (χ1n) is 8.21. The molecule has 128 valence electrons. The topological polar surface area (TPSA) is 51.1 Å². The molecule has 1 saturated heterocycles. The van der Waals surface area contributed by atoms with Gasteiger partial charge in [-0.1, -0.05) is 12.1 Å². The first kappa shape index (κ1) is 17.0. The number of amides is 1. The predicted octanol–water partition coefficient (Wildman–Crippen LogP) is 3.16. The molecule has 2 aliphatic rings. The smallest absolute Gasteiger partial charge is 0.286 e. The van der Waals surface area contributed by atoms with Gasteiger partial charge in [0.2, 0.25) is 0 Å². The molecule has 6 heteroatoms. The molecule has 0 aliphatic carbocycles. The summed E-state index contributed by atoms with van der Waals surface area (Å²) in [5.74, 6) is 0.661. The number of amidine groups is 1. The van der Waals surface area contributed by atoms with Crippen molar-refractivity contribution in [3.63, 3.8) is 0 Å². The maximum atomic E-state index is 12.2. The lowest BCUT2D eigenvalue weighted by Crippen LogP contribution is -2.47. The van der Waals surface area contributed by atoms with Gasteiger partial charge in [-0.25, -0.2) is 0 Å². The van der Waals surface area contributed by atoms with Crippen LogP contribution in [0, 0.1) is 0 Å². The number of rotatable bonds is 3. The fraction of sp³-hybridized carbons (Fsp3) is 0.444. The molecule has 0 unspecified atom stereocenters. The molecule has 0 radical (unpaired) electrons. The SMILES string of the molecule is CCOc1ccc(/C=C2/SC(N3C[C@@H](C)O[C@@H](C)C3)=NC2=O)cc1. The summed E-state index contributed by atoms with van der Waals surface area (Å²) in [6, 6.07) is 7.71. The Kier molecular flexibility index (Phi) is 5.26. The minimum atomic E-state index is -0.171. The fourth-order valence-corrected chi connectivity index (χ4v) is 3.78. The van der Waals surface area contributed by atoms with Gasteiger partial charge in [0.25, 0.3) is 5.91 Å². The Morgan fingerprint density at radius 1 is 1.29 bits per heavy atom. The monoisotopic (exact) mass is 346 g/mol. The first-order chi connectivity index (χ1) is 11.5. The third-order valence-electron chi connectivity index (χ3n) is 3.79. The lowest BCUT2D eigenvalue weighted by Gasteiger charge is -2.35. The zero-order valence-electron chi connectivity index (χ0n) is 14.2. The highest BCUT2D eigenvalue weighted by Gasteiger charge is 2.30. The number of aliphatic imine (C=N–C) groups is 1. The number of hydrogen-bond donors (Lipinski definition) is 0. The number of hydrogen-bond acceptors (Lipinski definition) is 5. The quantitative estimate of drug-likeness (QED) is 0.787. The summed E-state index contributed by atoms with van der Waals surface area (Å²) >= 11 is 1.44. The molecular weight excluding hydrogens is 324 g/mol. The highest BCUT2D eigenvalue weighted by Crippen LogP contribution is 2.31. The molecule has 2 aliphatic heterocycles. The van der Waals surface area contributed by atoms with Crippen LogP contribution in [0.4, 0.5) is 0 Å². The average Bonchev–Trinajstić information content (AvgIpc) is 2.90. The van der Waals surface area contributed by atoms with Crippen molar-refractivity contribution < 1.29 is 14.3 Å². The minimum absolute atomic E-state index is 0.145. The normalized spacial score (nSPS) is 26.0. The van der Waals surface area contributed by atoms with Gasteiger partial charge in [-0.3, -0.25) is 4.79 Å². The summed E-state index contributed by atoms with van der Waals surface area (Å²) in [5, 5.41) is 0.777. The van der Waals surface area contributed by atoms with Crippen LogP contribution in [0.2, 0.25) is 0 Å². The van der Waals surface area contributed by atoms with E-state index >= 15 is 0 Å². The number of thioether (sulfide) groups is 1. The standard InChI is InChI=1S/C18H22N2O3S/c1-4-22-15-7-5-14(6-8-15)9-16-17(21)19-18(24-16)20-10-12(2)23-13(3)11-20/h5-9,12-13H,4,10-11H2,1-3H3/b16-9+/t12-,13+. The van der Waals surface area contributed by atoms with Crippen molar-refractivity contribution in [3.8, 4) is 5.75 Å². The molecule has 0 N–H and O–H groups in total. The molecule has 1 aromatic carbocycles. The van der Waals surface area contributed by atoms with Gasteiger partial charge in [0, 0.05) is 13.1 Å². The van der Waals surface area contributed by atoms with Crippen LogP contribution in [0.3, 0.4) is 0 Å². The van der Waals surface area contributed by atoms with Crippen molar-refractivity contribution in [2.45, 2.75) is 33.0 Å². The first-order valence-corrected chi connectivity index (χ1v) is 9.02. The van der Waals surface area contributed by atoms with Crippen LogP contribution >= 0.6 is 11.8 Å². The Hall–Kier alpha value is -1.79. The fourth-order valence-electron chi connectivity index (χ4n) is 2.85. The van der Waals surface area contributed by atoms with Gasteiger partial charge in [-0.15, -0.1) is 0 Å². The maximum Gasteiger partial charge on any atom is 0.286 e. The highest BCUT2D eigenvalue weighted by atomic mass is 32.2. The molecule has 3 rings (SSSR count). The Labute approximate surface area is 146 Å². The van der Waals surface area contributed by atoms with Crippen LogP contribution < -0.4 is 4.74 Å². The number of carbonyl (C=O) groups is 1. The zero-order chi connectivity index (χ0) is 17.1. The van der Waals surface area contributed by atoms with Crippen molar-refractivity contribution in [2.24, 2.45) is 4.99 Å². The molecule has 1 fully saturated rings. The van der Waals surface area contributed by atoms with Gasteiger partial charge in [-0.05, 0) is 56.3 Å². The van der Waals surface area contributed by atoms with Gasteiger partial charge >= 0.3 is 0 Å². The summed E-state index contributed by atoms with van der Waals surface area (Å²) in [7, 11) is 0. The van der Waals surface area contributed by atoms with Crippen LogP contribution in [0.1, 0.15) is 26.3 Å². The lowest BCUT2D eigenvalue weighted by molar-refractivity contribution is -0.113. The molecule has 1 amide bonds. The van der Waals surface area contributed by atoms with E-state index < -0.39 is 0 Å². The minimum Gasteiger partial charge on any atom is -0.494 e. The number of nitrogens with zero attached hydrogens (tertiary/aromatic N) is 2. The molecule has 0 spiro atoms. The van der Waals surface area contributed by atoms with E-state index in [1.165, 1.54) is 11.8 Å². The molecule has 0 bridgehead atoms. The van der Waals surface area contributed by atoms with Gasteiger partial charge in [0.15, 0.2) is 5.17 Å². The van der Waals surface area contributed by atoms with Crippen LogP contribution in [-0.4, -0.2) is 47.9 Å². The molecule has 1 aromatic rings. The third-order valence-corrected chi connectivity index (χ3v) is 4.83. The Balaban J connectivity index is 1.70.